The van der Waals surface area contributed by atoms with E-state index >= 15 is 0 Å². The molecule has 0 bridgehead atoms. The second-order valence-electron chi connectivity index (χ2n) is 5.32. The summed E-state index contributed by atoms with van der Waals surface area (Å²) in [6.07, 6.45) is 2.55. The highest BCUT2D eigenvalue weighted by molar-refractivity contribution is 7.91. The number of nitrogens with one attached hydrogen (secondary N) is 1. The van der Waals surface area contributed by atoms with Gasteiger partial charge in [0, 0.05) is 6.04 Å². The standard InChI is InChI=1S/C14H22N2O2S/c1-2-11-3-5-13(6-4-11)14(16-15)9-12-7-8-19(17,18)10-12/h3-6,12,14,16H,2,7-10,15H2,1H3. The molecule has 1 saturated heterocycles. The normalized spacial score (nSPS) is 23.4. The minimum atomic E-state index is -2.81. The molecule has 2 atom stereocenters. The fourth-order valence-corrected chi connectivity index (χ4v) is 4.56. The molecule has 3 N–H and O–H groups in total. The van der Waals surface area contributed by atoms with Crippen LogP contribution in [0.4, 0.5) is 0 Å². The lowest BCUT2D eigenvalue weighted by Crippen LogP contribution is -2.30. The van der Waals surface area contributed by atoms with Gasteiger partial charge in [-0.15, -0.1) is 0 Å². The Morgan fingerprint density at radius 1 is 1.37 bits per heavy atom. The fraction of sp³-hybridized carbons (Fsp3) is 0.571. The first kappa shape index (κ1) is 14.5. The molecular formula is C14H22N2O2S. The van der Waals surface area contributed by atoms with Crippen molar-refractivity contribution in [3.8, 4) is 0 Å². The number of hydrogen-bond donors (Lipinski definition) is 2. The zero-order valence-electron chi connectivity index (χ0n) is 11.3. The third-order valence-electron chi connectivity index (χ3n) is 3.89. The van der Waals surface area contributed by atoms with Gasteiger partial charge in [0.05, 0.1) is 11.5 Å². The number of nitrogens with two attached hydrogens (primary N) is 1. The van der Waals surface area contributed by atoms with Gasteiger partial charge in [-0.3, -0.25) is 11.3 Å². The van der Waals surface area contributed by atoms with Crippen LogP contribution in [0, 0.1) is 5.92 Å². The highest BCUT2D eigenvalue weighted by Gasteiger charge is 2.29. The van der Waals surface area contributed by atoms with Gasteiger partial charge in [-0.25, -0.2) is 8.42 Å². The molecule has 19 heavy (non-hydrogen) atoms. The largest absolute Gasteiger partial charge is 0.271 e. The molecule has 106 valence electrons. The van der Waals surface area contributed by atoms with Crippen molar-refractivity contribution in [3.05, 3.63) is 35.4 Å². The summed E-state index contributed by atoms with van der Waals surface area (Å²) in [4.78, 5) is 0. The Morgan fingerprint density at radius 2 is 2.05 bits per heavy atom. The van der Waals surface area contributed by atoms with Gasteiger partial charge in [0.15, 0.2) is 9.84 Å². The third kappa shape index (κ3) is 3.78. The maximum atomic E-state index is 11.5. The van der Waals surface area contributed by atoms with Gasteiger partial charge in [-0.2, -0.15) is 0 Å². The van der Waals surface area contributed by atoms with E-state index in [1.807, 2.05) is 0 Å². The summed E-state index contributed by atoms with van der Waals surface area (Å²) >= 11 is 0. The van der Waals surface area contributed by atoms with E-state index in [9.17, 15) is 8.42 Å². The topological polar surface area (TPSA) is 72.2 Å². The van der Waals surface area contributed by atoms with Crippen LogP contribution < -0.4 is 11.3 Å². The summed E-state index contributed by atoms with van der Waals surface area (Å²) < 4.78 is 23.0. The van der Waals surface area contributed by atoms with Crippen LogP contribution in [0.3, 0.4) is 0 Å². The van der Waals surface area contributed by atoms with Gasteiger partial charge >= 0.3 is 0 Å². The first-order valence-electron chi connectivity index (χ1n) is 6.79. The molecule has 0 spiro atoms. The smallest absolute Gasteiger partial charge is 0.150 e. The van der Waals surface area contributed by atoms with Crippen LogP contribution in [0.5, 0.6) is 0 Å². The molecule has 1 aliphatic heterocycles. The van der Waals surface area contributed by atoms with Gasteiger partial charge < -0.3 is 0 Å². The lowest BCUT2D eigenvalue weighted by Gasteiger charge is -2.19. The molecule has 0 saturated carbocycles. The quantitative estimate of drug-likeness (QED) is 0.635. The van der Waals surface area contributed by atoms with E-state index in [4.69, 9.17) is 5.84 Å². The number of benzene rings is 1. The van der Waals surface area contributed by atoms with Crippen LogP contribution in [0.1, 0.15) is 36.9 Å². The minimum Gasteiger partial charge on any atom is -0.271 e. The van der Waals surface area contributed by atoms with E-state index in [1.54, 1.807) is 0 Å². The summed E-state index contributed by atoms with van der Waals surface area (Å²) in [5, 5.41) is 0. The molecule has 1 fully saturated rings. The van der Waals surface area contributed by atoms with E-state index in [-0.39, 0.29) is 12.0 Å². The van der Waals surface area contributed by atoms with Crippen molar-refractivity contribution in [1.29, 1.82) is 0 Å². The summed E-state index contributed by atoms with van der Waals surface area (Å²) in [7, 11) is -2.81. The van der Waals surface area contributed by atoms with Crippen molar-refractivity contribution in [2.75, 3.05) is 11.5 Å². The van der Waals surface area contributed by atoms with Crippen LogP contribution >= 0.6 is 0 Å². The predicted molar refractivity (Wildman–Crippen MR) is 77.3 cm³/mol. The average Bonchev–Trinajstić information content (AvgIpc) is 2.75. The second kappa shape index (κ2) is 6.03. The van der Waals surface area contributed by atoms with E-state index in [0.717, 1.165) is 24.8 Å². The molecule has 1 aliphatic rings. The fourth-order valence-electron chi connectivity index (χ4n) is 2.68. The van der Waals surface area contributed by atoms with Crippen molar-refractivity contribution in [2.24, 2.45) is 11.8 Å². The van der Waals surface area contributed by atoms with Crippen molar-refractivity contribution >= 4 is 9.84 Å². The maximum Gasteiger partial charge on any atom is 0.150 e. The molecule has 1 aromatic carbocycles. The highest BCUT2D eigenvalue weighted by atomic mass is 32.2. The highest BCUT2D eigenvalue weighted by Crippen LogP contribution is 2.28. The van der Waals surface area contributed by atoms with E-state index in [0.29, 0.717) is 11.5 Å². The van der Waals surface area contributed by atoms with E-state index in [2.05, 4.69) is 36.6 Å². The van der Waals surface area contributed by atoms with Gasteiger partial charge in [0.25, 0.3) is 0 Å². The van der Waals surface area contributed by atoms with E-state index in [1.165, 1.54) is 5.56 Å². The summed E-state index contributed by atoms with van der Waals surface area (Å²) in [5.74, 6) is 6.47. The minimum absolute atomic E-state index is 0.0317. The summed E-state index contributed by atoms with van der Waals surface area (Å²) in [6, 6.07) is 8.39. The molecule has 4 nitrogen and oxygen atoms in total. The second-order valence-corrected chi connectivity index (χ2v) is 7.55. The Bertz CT molecular complexity index is 511. The van der Waals surface area contributed by atoms with Crippen LogP contribution in [0.2, 0.25) is 0 Å². The summed E-state index contributed by atoms with van der Waals surface area (Å²) in [5.41, 5.74) is 5.24. The van der Waals surface area contributed by atoms with Crippen molar-refractivity contribution < 1.29 is 8.42 Å². The zero-order chi connectivity index (χ0) is 13.9. The Balaban J connectivity index is 2.03. The number of hydrazine groups is 1. The SMILES string of the molecule is CCc1ccc(C(CC2CCS(=O)(=O)C2)NN)cc1. The van der Waals surface area contributed by atoms with Gasteiger partial charge in [-0.05, 0) is 36.3 Å². The van der Waals surface area contributed by atoms with Crippen molar-refractivity contribution in [2.45, 2.75) is 32.2 Å². The third-order valence-corrected chi connectivity index (χ3v) is 5.72. The molecule has 1 aromatic rings. The van der Waals surface area contributed by atoms with Crippen LogP contribution in [0.25, 0.3) is 0 Å². The van der Waals surface area contributed by atoms with Crippen molar-refractivity contribution in [1.82, 2.24) is 5.43 Å². The molecule has 0 aromatic heterocycles. The molecule has 0 radical (unpaired) electrons. The van der Waals surface area contributed by atoms with E-state index < -0.39 is 9.84 Å². The number of sulfone groups is 1. The number of aryl methyl sites for hydroxylation is 1. The molecule has 2 unspecified atom stereocenters. The van der Waals surface area contributed by atoms with Crippen molar-refractivity contribution in [3.63, 3.8) is 0 Å². The van der Waals surface area contributed by atoms with Crippen LogP contribution in [-0.4, -0.2) is 19.9 Å². The van der Waals surface area contributed by atoms with Crippen LogP contribution in [-0.2, 0) is 16.3 Å². The van der Waals surface area contributed by atoms with Gasteiger partial charge in [0.1, 0.15) is 0 Å². The Morgan fingerprint density at radius 3 is 2.53 bits per heavy atom. The Kier molecular flexibility index (Phi) is 4.60. The molecule has 0 amide bonds. The number of rotatable bonds is 5. The lowest BCUT2D eigenvalue weighted by molar-refractivity contribution is 0.421. The first-order valence-corrected chi connectivity index (χ1v) is 8.61. The average molecular weight is 282 g/mol. The first-order chi connectivity index (χ1) is 9.04. The lowest BCUT2D eigenvalue weighted by atomic mass is 9.94. The predicted octanol–water partition coefficient (Wildman–Crippen LogP) is 1.58. The Labute approximate surface area is 115 Å². The summed E-state index contributed by atoms with van der Waals surface area (Å²) in [6.45, 7) is 2.12. The molecule has 1 heterocycles. The molecule has 5 heteroatoms. The molecule has 0 aliphatic carbocycles. The van der Waals surface area contributed by atoms with Gasteiger partial charge in [0.2, 0.25) is 0 Å². The molecule has 2 rings (SSSR count). The number of hydrogen-bond acceptors (Lipinski definition) is 4. The molecular weight excluding hydrogens is 260 g/mol. The maximum absolute atomic E-state index is 11.5. The zero-order valence-corrected chi connectivity index (χ0v) is 12.1. The monoisotopic (exact) mass is 282 g/mol. The van der Waals surface area contributed by atoms with Gasteiger partial charge in [-0.1, -0.05) is 31.2 Å². The Hall–Kier alpha value is -0.910. The van der Waals surface area contributed by atoms with Crippen LogP contribution in [0.15, 0.2) is 24.3 Å².